The molecule has 0 bridgehead atoms. The Morgan fingerprint density at radius 2 is 1.55 bits per heavy atom. The number of hydrogen-bond acceptors (Lipinski definition) is 5. The number of pyridine rings is 1. The zero-order valence-electron chi connectivity index (χ0n) is 18.7. The summed E-state index contributed by atoms with van der Waals surface area (Å²) in [6, 6.07) is 23.4. The average Bonchev–Trinajstić information content (AvgIpc) is 2.78. The normalized spacial score (nSPS) is 10.9. The zero-order valence-corrected chi connectivity index (χ0v) is 21.1. The Hall–Kier alpha value is -3.34. The van der Waals surface area contributed by atoms with E-state index in [-0.39, 0.29) is 37.6 Å². The first-order valence-electron chi connectivity index (χ1n) is 10.2. The standard InChI is InChI=1S/C22H18NO2.C5H8O2.Ir/c1-2-25-22(24)19-13-14-21(23-16-19)20(18-11-7-4-8-12-18)15-17-9-5-3-6-10-17;1-4(6)3-5(2)7;/h3-14,16H,2H2,1H3;3,6H,1-2H3;/q-1;;/b;4-3-;. The van der Waals surface area contributed by atoms with Crippen molar-refractivity contribution in [3.63, 3.8) is 0 Å². The third-order valence-electron chi connectivity index (χ3n) is 4.05. The van der Waals surface area contributed by atoms with Gasteiger partial charge in [-0.2, -0.15) is 0 Å². The topological polar surface area (TPSA) is 76.5 Å². The van der Waals surface area contributed by atoms with Gasteiger partial charge in [-0.1, -0.05) is 71.8 Å². The number of nitrogens with zero attached hydrogens (tertiary/aromatic N) is 1. The van der Waals surface area contributed by atoms with E-state index in [1.807, 2.05) is 66.7 Å². The molecule has 0 atom stereocenters. The number of ketones is 1. The number of rotatable bonds is 6. The van der Waals surface area contributed by atoms with Gasteiger partial charge in [-0.15, -0.1) is 23.8 Å². The molecular formula is C27H26IrNO4-. The minimum absolute atomic E-state index is 0. The van der Waals surface area contributed by atoms with Crippen molar-refractivity contribution in [3.8, 4) is 0 Å². The summed E-state index contributed by atoms with van der Waals surface area (Å²) in [6.45, 7) is 4.98. The monoisotopic (exact) mass is 621 g/mol. The van der Waals surface area contributed by atoms with E-state index in [1.54, 1.807) is 19.2 Å². The van der Waals surface area contributed by atoms with Crippen molar-refractivity contribution in [2.45, 2.75) is 20.8 Å². The Morgan fingerprint density at radius 3 is 2.00 bits per heavy atom. The van der Waals surface area contributed by atoms with Gasteiger partial charge in [-0.3, -0.25) is 9.78 Å². The van der Waals surface area contributed by atoms with Gasteiger partial charge < -0.3 is 9.84 Å². The molecule has 1 heterocycles. The van der Waals surface area contributed by atoms with Crippen LogP contribution in [-0.4, -0.2) is 28.4 Å². The molecule has 173 valence electrons. The van der Waals surface area contributed by atoms with Gasteiger partial charge in [-0.25, -0.2) is 4.79 Å². The first-order chi connectivity index (χ1) is 15.4. The van der Waals surface area contributed by atoms with Gasteiger partial charge >= 0.3 is 5.97 Å². The van der Waals surface area contributed by atoms with Crippen LogP contribution in [0.5, 0.6) is 0 Å². The average molecular weight is 621 g/mol. The van der Waals surface area contributed by atoms with E-state index in [0.29, 0.717) is 12.2 Å². The van der Waals surface area contributed by atoms with Gasteiger partial charge in [0, 0.05) is 38.1 Å². The summed E-state index contributed by atoms with van der Waals surface area (Å²) >= 11 is 0. The molecule has 0 unspecified atom stereocenters. The van der Waals surface area contributed by atoms with Crippen LogP contribution in [0.15, 0.2) is 90.8 Å². The molecular weight excluding hydrogens is 595 g/mol. The number of allylic oxidation sites excluding steroid dienone is 2. The van der Waals surface area contributed by atoms with Crippen LogP contribution < -0.4 is 0 Å². The number of aliphatic hydroxyl groups is 1. The van der Waals surface area contributed by atoms with Gasteiger partial charge in [0.2, 0.25) is 0 Å². The predicted octanol–water partition coefficient (Wildman–Crippen LogP) is 5.58. The van der Waals surface area contributed by atoms with E-state index in [4.69, 9.17) is 9.84 Å². The maximum Gasteiger partial charge on any atom is 0.339 e. The number of benzene rings is 2. The Bertz CT molecular complexity index is 1070. The summed E-state index contributed by atoms with van der Waals surface area (Å²) in [7, 11) is 0. The van der Waals surface area contributed by atoms with E-state index in [9.17, 15) is 9.59 Å². The second-order valence-electron chi connectivity index (χ2n) is 6.78. The molecule has 2 aromatic carbocycles. The molecule has 5 nitrogen and oxygen atoms in total. The van der Waals surface area contributed by atoms with Crippen molar-refractivity contribution >= 4 is 17.3 Å². The zero-order chi connectivity index (χ0) is 23.3. The van der Waals surface area contributed by atoms with Gasteiger partial charge in [0.15, 0.2) is 5.78 Å². The van der Waals surface area contributed by atoms with E-state index in [0.717, 1.165) is 22.4 Å². The molecule has 1 N–H and O–H groups in total. The SMILES string of the molecule is CC(=O)/C=C(/C)O.CCOC(=O)c1ccc(C(=[C-]c2ccccc2)c2ccccc2)nc1.[Ir]. The van der Waals surface area contributed by atoms with Gasteiger partial charge in [0.05, 0.1) is 17.9 Å². The van der Waals surface area contributed by atoms with E-state index < -0.39 is 0 Å². The van der Waals surface area contributed by atoms with E-state index in [2.05, 4.69) is 11.1 Å². The van der Waals surface area contributed by atoms with Crippen LogP contribution in [0.3, 0.4) is 0 Å². The summed E-state index contributed by atoms with van der Waals surface area (Å²) in [5, 5.41) is 8.36. The summed E-state index contributed by atoms with van der Waals surface area (Å²) < 4.78 is 5.01. The molecule has 1 radical (unpaired) electrons. The molecule has 0 saturated heterocycles. The maximum atomic E-state index is 11.8. The molecule has 0 aliphatic rings. The number of carbonyl (C=O) groups excluding carboxylic acids is 2. The summed E-state index contributed by atoms with van der Waals surface area (Å²) in [6.07, 6.45) is 6.13. The summed E-state index contributed by atoms with van der Waals surface area (Å²) in [5.41, 5.74) is 4.06. The third kappa shape index (κ3) is 9.77. The van der Waals surface area contributed by atoms with Crippen LogP contribution in [0, 0.1) is 6.08 Å². The fraction of sp³-hybridized carbons (Fsp3) is 0.148. The van der Waals surface area contributed by atoms with Crippen molar-refractivity contribution in [3.05, 3.63) is 119 Å². The third-order valence-corrected chi connectivity index (χ3v) is 4.05. The maximum absolute atomic E-state index is 11.8. The molecule has 0 amide bonds. The number of aliphatic hydroxyl groups excluding tert-OH is 1. The number of hydrogen-bond donors (Lipinski definition) is 1. The van der Waals surface area contributed by atoms with Crippen LogP contribution in [0.25, 0.3) is 5.57 Å². The van der Waals surface area contributed by atoms with Gasteiger partial charge in [-0.05, 0) is 20.8 Å². The second kappa shape index (κ2) is 14.7. The minimum atomic E-state index is -0.362. The Morgan fingerprint density at radius 1 is 0.939 bits per heavy atom. The molecule has 33 heavy (non-hydrogen) atoms. The number of esters is 1. The largest absolute Gasteiger partial charge is 0.512 e. The molecule has 3 rings (SSSR count). The fourth-order valence-corrected chi connectivity index (χ4v) is 2.73. The summed E-state index contributed by atoms with van der Waals surface area (Å²) in [4.78, 5) is 26.3. The van der Waals surface area contributed by atoms with E-state index >= 15 is 0 Å². The van der Waals surface area contributed by atoms with Crippen LogP contribution >= 0.6 is 0 Å². The van der Waals surface area contributed by atoms with Crippen molar-refractivity contribution in [2.24, 2.45) is 0 Å². The predicted molar refractivity (Wildman–Crippen MR) is 125 cm³/mol. The molecule has 1 aromatic heterocycles. The molecule has 6 heteroatoms. The fourth-order valence-electron chi connectivity index (χ4n) is 2.73. The van der Waals surface area contributed by atoms with Crippen LogP contribution in [-0.2, 0) is 29.6 Å². The molecule has 0 aliphatic heterocycles. The van der Waals surface area contributed by atoms with Crippen molar-refractivity contribution in [1.29, 1.82) is 0 Å². The van der Waals surface area contributed by atoms with Gasteiger partial charge in [0.1, 0.15) is 0 Å². The smallest absolute Gasteiger partial charge is 0.339 e. The van der Waals surface area contributed by atoms with Crippen molar-refractivity contribution in [2.75, 3.05) is 6.61 Å². The van der Waals surface area contributed by atoms with E-state index in [1.165, 1.54) is 19.9 Å². The first kappa shape index (κ1) is 27.7. The Balaban J connectivity index is 0.000000595. The van der Waals surface area contributed by atoms with Crippen molar-refractivity contribution in [1.82, 2.24) is 4.98 Å². The van der Waals surface area contributed by atoms with Crippen LogP contribution in [0.2, 0.25) is 0 Å². The number of ether oxygens (including phenoxy) is 1. The Labute approximate surface area is 208 Å². The quantitative estimate of drug-likeness (QED) is 0.128. The second-order valence-corrected chi connectivity index (χ2v) is 6.78. The van der Waals surface area contributed by atoms with Gasteiger partial charge in [0.25, 0.3) is 0 Å². The summed E-state index contributed by atoms with van der Waals surface area (Å²) in [5.74, 6) is -0.425. The van der Waals surface area contributed by atoms with Crippen LogP contribution in [0.4, 0.5) is 0 Å². The molecule has 3 aromatic rings. The minimum Gasteiger partial charge on any atom is -0.512 e. The van der Waals surface area contributed by atoms with Crippen LogP contribution in [0.1, 0.15) is 48.0 Å². The van der Waals surface area contributed by atoms with Crippen molar-refractivity contribution < 1.29 is 39.5 Å². The number of aromatic nitrogens is 1. The Kier molecular flexibility index (Phi) is 12.3. The first-order valence-corrected chi connectivity index (χ1v) is 10.2. The molecule has 0 fully saturated rings. The molecule has 0 saturated carbocycles. The molecule has 0 aliphatic carbocycles. The molecule has 0 spiro atoms. The number of carbonyl (C=O) groups is 2.